The highest BCUT2D eigenvalue weighted by Gasteiger charge is 2.22. The van der Waals surface area contributed by atoms with E-state index in [1.807, 2.05) is 30.3 Å². The molecule has 146 valence electrons. The number of para-hydroxylation sites is 1. The molecule has 0 aromatic heterocycles. The van der Waals surface area contributed by atoms with Gasteiger partial charge in [-0.05, 0) is 24.3 Å². The molecule has 3 N–H and O–H groups in total. The van der Waals surface area contributed by atoms with Crippen LogP contribution in [-0.4, -0.2) is 54.4 Å². The van der Waals surface area contributed by atoms with Crippen LogP contribution in [0.2, 0.25) is 0 Å². The summed E-state index contributed by atoms with van der Waals surface area (Å²) < 4.78 is 0. The molecule has 0 atom stereocenters. The number of carbonyl (C=O) groups excluding carboxylic acids is 2. The number of primary amides is 1. The second-order valence-electron chi connectivity index (χ2n) is 6.41. The van der Waals surface area contributed by atoms with E-state index < -0.39 is 10.8 Å². The maximum Gasteiger partial charge on any atom is 0.293 e. The molecular formula is C19H21N5O4. The first-order valence-electron chi connectivity index (χ1n) is 8.85. The Morgan fingerprint density at radius 1 is 1.07 bits per heavy atom. The molecular weight excluding hydrogens is 362 g/mol. The van der Waals surface area contributed by atoms with E-state index in [4.69, 9.17) is 5.73 Å². The van der Waals surface area contributed by atoms with Gasteiger partial charge < -0.3 is 20.9 Å². The van der Waals surface area contributed by atoms with Crippen LogP contribution in [0.25, 0.3) is 0 Å². The van der Waals surface area contributed by atoms with Crippen molar-refractivity contribution in [3.05, 3.63) is 64.2 Å². The number of rotatable bonds is 6. The molecule has 0 spiro atoms. The number of nitro benzene ring substituents is 1. The zero-order valence-corrected chi connectivity index (χ0v) is 15.2. The lowest BCUT2D eigenvalue weighted by Gasteiger charge is -2.36. The van der Waals surface area contributed by atoms with E-state index in [0.717, 1.165) is 24.8 Å². The number of hydrogen-bond acceptors (Lipinski definition) is 6. The zero-order valence-electron chi connectivity index (χ0n) is 15.2. The summed E-state index contributed by atoms with van der Waals surface area (Å²) in [7, 11) is 0. The summed E-state index contributed by atoms with van der Waals surface area (Å²) in [5.74, 6) is -0.886. The molecule has 2 aromatic carbocycles. The Bertz CT molecular complexity index is 879. The quantitative estimate of drug-likeness (QED) is 0.575. The Labute approximate surface area is 161 Å². The van der Waals surface area contributed by atoms with Gasteiger partial charge in [0, 0.05) is 43.5 Å². The topological polar surface area (TPSA) is 122 Å². The van der Waals surface area contributed by atoms with Crippen LogP contribution in [0.4, 0.5) is 17.1 Å². The number of hydrogen-bond donors (Lipinski definition) is 2. The number of nitrogens with two attached hydrogens (primary N) is 1. The second-order valence-corrected chi connectivity index (χ2v) is 6.41. The molecule has 2 amide bonds. The molecule has 9 nitrogen and oxygen atoms in total. The highest BCUT2D eigenvalue weighted by atomic mass is 16.6. The van der Waals surface area contributed by atoms with Gasteiger partial charge in [0.15, 0.2) is 0 Å². The van der Waals surface area contributed by atoms with Gasteiger partial charge in [0.05, 0.1) is 11.5 Å². The lowest BCUT2D eigenvalue weighted by molar-refractivity contribution is -0.384. The van der Waals surface area contributed by atoms with Crippen molar-refractivity contribution in [2.24, 2.45) is 5.73 Å². The Balaban J connectivity index is 1.58. The minimum atomic E-state index is -0.748. The Morgan fingerprint density at radius 3 is 2.36 bits per heavy atom. The van der Waals surface area contributed by atoms with Gasteiger partial charge in [0.1, 0.15) is 5.69 Å². The third-order valence-corrected chi connectivity index (χ3v) is 4.66. The summed E-state index contributed by atoms with van der Waals surface area (Å²) in [6, 6.07) is 13.9. The highest BCUT2D eigenvalue weighted by molar-refractivity contribution is 5.94. The van der Waals surface area contributed by atoms with Crippen LogP contribution in [0.3, 0.4) is 0 Å². The molecule has 0 radical (unpaired) electrons. The van der Waals surface area contributed by atoms with Gasteiger partial charge in [-0.3, -0.25) is 19.7 Å². The molecule has 3 rings (SSSR count). The van der Waals surface area contributed by atoms with Gasteiger partial charge in [-0.1, -0.05) is 18.2 Å². The zero-order chi connectivity index (χ0) is 20.1. The van der Waals surface area contributed by atoms with Crippen molar-refractivity contribution in [1.29, 1.82) is 0 Å². The first kappa shape index (κ1) is 19.2. The number of carbonyl (C=O) groups is 2. The molecule has 1 saturated heterocycles. The number of piperazine rings is 1. The number of anilines is 2. The van der Waals surface area contributed by atoms with E-state index in [9.17, 15) is 19.7 Å². The summed E-state index contributed by atoms with van der Waals surface area (Å²) in [5.41, 5.74) is 6.20. The Kier molecular flexibility index (Phi) is 5.73. The predicted octanol–water partition coefficient (Wildman–Crippen LogP) is 1.45. The summed E-state index contributed by atoms with van der Waals surface area (Å²) in [5, 5.41) is 14.0. The number of nitro groups is 1. The van der Waals surface area contributed by atoms with Gasteiger partial charge in [-0.15, -0.1) is 0 Å². The molecule has 1 heterocycles. The number of amides is 2. The van der Waals surface area contributed by atoms with Gasteiger partial charge in [0.25, 0.3) is 5.69 Å². The molecule has 1 fully saturated rings. The van der Waals surface area contributed by atoms with Gasteiger partial charge in [-0.25, -0.2) is 0 Å². The van der Waals surface area contributed by atoms with Crippen LogP contribution >= 0.6 is 0 Å². The highest BCUT2D eigenvalue weighted by Crippen LogP contribution is 2.25. The van der Waals surface area contributed by atoms with Crippen LogP contribution in [0.15, 0.2) is 48.5 Å². The van der Waals surface area contributed by atoms with E-state index >= 15 is 0 Å². The maximum absolute atomic E-state index is 12.5. The van der Waals surface area contributed by atoms with Crippen LogP contribution < -0.4 is 16.0 Å². The summed E-state index contributed by atoms with van der Waals surface area (Å²) >= 11 is 0. The second kappa shape index (κ2) is 8.38. The van der Waals surface area contributed by atoms with Gasteiger partial charge in [-0.2, -0.15) is 0 Å². The average Bonchev–Trinajstić information content (AvgIpc) is 2.72. The third-order valence-electron chi connectivity index (χ3n) is 4.66. The van der Waals surface area contributed by atoms with Crippen LogP contribution in [0.5, 0.6) is 0 Å². The van der Waals surface area contributed by atoms with Gasteiger partial charge >= 0.3 is 0 Å². The number of nitrogens with one attached hydrogen (secondary N) is 1. The van der Waals surface area contributed by atoms with Crippen molar-refractivity contribution >= 4 is 28.9 Å². The minimum absolute atomic E-state index is 0.0422. The first-order chi connectivity index (χ1) is 13.5. The minimum Gasteiger partial charge on any atom is -0.371 e. The van der Waals surface area contributed by atoms with E-state index in [1.165, 1.54) is 12.1 Å². The smallest absolute Gasteiger partial charge is 0.293 e. The van der Waals surface area contributed by atoms with Gasteiger partial charge in [0.2, 0.25) is 11.8 Å². The molecule has 2 aromatic rings. The van der Waals surface area contributed by atoms with Crippen molar-refractivity contribution < 1.29 is 14.5 Å². The average molecular weight is 383 g/mol. The van der Waals surface area contributed by atoms with Crippen LogP contribution in [0, 0.1) is 10.1 Å². The molecule has 0 saturated carbocycles. The Morgan fingerprint density at radius 2 is 1.75 bits per heavy atom. The molecule has 1 aliphatic heterocycles. The summed E-state index contributed by atoms with van der Waals surface area (Å²) in [4.78, 5) is 38.2. The molecule has 0 unspecified atom stereocenters. The molecule has 0 bridgehead atoms. The predicted molar refractivity (Wildman–Crippen MR) is 105 cm³/mol. The van der Waals surface area contributed by atoms with Crippen molar-refractivity contribution in [1.82, 2.24) is 4.90 Å². The molecule has 28 heavy (non-hydrogen) atoms. The van der Waals surface area contributed by atoms with Crippen molar-refractivity contribution in [2.75, 3.05) is 42.9 Å². The largest absolute Gasteiger partial charge is 0.371 e. The fraction of sp³-hybridized carbons (Fsp3) is 0.263. The normalized spacial score (nSPS) is 13.9. The monoisotopic (exact) mass is 383 g/mol. The van der Waals surface area contributed by atoms with Crippen LogP contribution in [-0.2, 0) is 4.79 Å². The maximum atomic E-state index is 12.5. The fourth-order valence-electron chi connectivity index (χ4n) is 3.12. The van der Waals surface area contributed by atoms with E-state index in [0.29, 0.717) is 13.1 Å². The van der Waals surface area contributed by atoms with Crippen LogP contribution in [0.1, 0.15) is 10.4 Å². The SMILES string of the molecule is NC(=O)c1ccc(NCC(=O)N2CCN(c3ccccc3)CC2)c([N+](=O)[O-])c1. The lowest BCUT2D eigenvalue weighted by Crippen LogP contribution is -2.50. The number of nitrogens with zero attached hydrogens (tertiary/aromatic N) is 3. The molecule has 0 aliphatic carbocycles. The molecule has 1 aliphatic rings. The van der Waals surface area contributed by atoms with Crippen molar-refractivity contribution in [3.63, 3.8) is 0 Å². The molecule has 9 heteroatoms. The number of benzene rings is 2. The lowest BCUT2D eigenvalue weighted by atomic mass is 10.1. The standard InChI is InChI=1S/C19H21N5O4/c20-19(26)14-6-7-16(17(12-14)24(27)28)21-13-18(25)23-10-8-22(9-11-23)15-4-2-1-3-5-15/h1-7,12,21H,8-11,13H2,(H2,20,26). The third kappa shape index (κ3) is 4.37. The Hall–Kier alpha value is -3.62. The van der Waals surface area contributed by atoms with Crippen molar-refractivity contribution in [3.8, 4) is 0 Å². The summed E-state index contributed by atoms with van der Waals surface area (Å²) in [6.07, 6.45) is 0. The van der Waals surface area contributed by atoms with E-state index in [2.05, 4.69) is 10.2 Å². The summed E-state index contributed by atoms with van der Waals surface area (Å²) in [6.45, 7) is 2.55. The fourth-order valence-corrected chi connectivity index (χ4v) is 3.12. The van der Waals surface area contributed by atoms with Crippen molar-refractivity contribution in [2.45, 2.75) is 0 Å². The van der Waals surface area contributed by atoms with E-state index in [1.54, 1.807) is 4.90 Å². The van der Waals surface area contributed by atoms with E-state index in [-0.39, 0.29) is 29.4 Å². The first-order valence-corrected chi connectivity index (χ1v) is 8.85.